The van der Waals surface area contributed by atoms with E-state index < -0.39 is 0 Å². The maximum absolute atomic E-state index is 11.5. The highest BCUT2D eigenvalue weighted by molar-refractivity contribution is 5.81. The van der Waals surface area contributed by atoms with E-state index in [1.807, 2.05) is 30.8 Å². The van der Waals surface area contributed by atoms with Crippen molar-refractivity contribution in [2.45, 2.75) is 26.9 Å². The Hall–Kier alpha value is -1.88. The minimum atomic E-state index is -0.175. The summed E-state index contributed by atoms with van der Waals surface area (Å²) in [6.07, 6.45) is 0. The smallest absolute Gasteiger partial charge is 0.309 e. The molecular formula is C16H23N3O2. The van der Waals surface area contributed by atoms with Gasteiger partial charge in [0.2, 0.25) is 0 Å². The van der Waals surface area contributed by atoms with E-state index in [9.17, 15) is 4.79 Å². The molecule has 5 heteroatoms. The van der Waals surface area contributed by atoms with Crippen molar-refractivity contribution in [2.75, 3.05) is 20.7 Å². The zero-order valence-corrected chi connectivity index (χ0v) is 13.2. The Labute approximate surface area is 125 Å². The van der Waals surface area contributed by atoms with Crippen molar-refractivity contribution >= 4 is 16.9 Å². The second-order valence-corrected chi connectivity index (χ2v) is 5.40. The number of carbonyl (C=O) groups is 1. The third-order valence-electron chi connectivity index (χ3n) is 3.64. The minimum Gasteiger partial charge on any atom is -0.469 e. The Kier molecular flexibility index (Phi) is 4.96. The number of aromatic nitrogens is 2. The number of benzene rings is 1. The van der Waals surface area contributed by atoms with Crippen LogP contribution in [-0.4, -0.2) is 41.4 Å². The number of carbonyl (C=O) groups excluding carboxylic acids is 1. The number of para-hydroxylation sites is 1. The van der Waals surface area contributed by atoms with Crippen LogP contribution in [0.4, 0.5) is 0 Å². The molecule has 0 aliphatic heterocycles. The number of hydrogen-bond acceptors (Lipinski definition) is 4. The van der Waals surface area contributed by atoms with Gasteiger partial charge in [0.05, 0.1) is 24.2 Å². The minimum absolute atomic E-state index is 0.139. The van der Waals surface area contributed by atoms with Gasteiger partial charge in [-0.25, -0.2) is 0 Å². The molecule has 0 fully saturated rings. The van der Waals surface area contributed by atoms with Crippen LogP contribution in [0.15, 0.2) is 24.3 Å². The molecule has 0 saturated carbocycles. The molecule has 1 unspecified atom stereocenters. The molecule has 1 aromatic heterocycles. The Morgan fingerprint density at radius 1 is 1.43 bits per heavy atom. The van der Waals surface area contributed by atoms with Crippen LogP contribution in [0.5, 0.6) is 0 Å². The van der Waals surface area contributed by atoms with Crippen molar-refractivity contribution in [3.8, 4) is 0 Å². The Bertz CT molecular complexity index is 621. The standard InChI is InChI=1S/C16H23N3O2/c1-5-19-15-9-7-6-8-13(15)14(17-19)11-18(3)10-12(2)16(20)21-4/h6-9,12H,5,10-11H2,1-4H3. The highest BCUT2D eigenvalue weighted by Crippen LogP contribution is 2.19. The lowest BCUT2D eigenvalue weighted by Crippen LogP contribution is -2.29. The molecule has 114 valence electrons. The molecule has 1 aromatic carbocycles. The quantitative estimate of drug-likeness (QED) is 0.766. The topological polar surface area (TPSA) is 47.4 Å². The molecule has 5 nitrogen and oxygen atoms in total. The molecule has 21 heavy (non-hydrogen) atoms. The lowest BCUT2D eigenvalue weighted by Gasteiger charge is -2.19. The summed E-state index contributed by atoms with van der Waals surface area (Å²) < 4.78 is 6.79. The summed E-state index contributed by atoms with van der Waals surface area (Å²) in [6, 6.07) is 8.25. The van der Waals surface area contributed by atoms with Gasteiger partial charge in [-0.3, -0.25) is 14.4 Å². The molecule has 0 aliphatic carbocycles. The van der Waals surface area contributed by atoms with E-state index in [1.165, 1.54) is 12.5 Å². The number of aryl methyl sites for hydroxylation is 1. The van der Waals surface area contributed by atoms with Crippen LogP contribution in [-0.2, 0) is 22.6 Å². The van der Waals surface area contributed by atoms with Gasteiger partial charge in [0.1, 0.15) is 0 Å². The molecule has 2 aromatic rings. The molecular weight excluding hydrogens is 266 g/mol. The highest BCUT2D eigenvalue weighted by atomic mass is 16.5. The predicted molar refractivity (Wildman–Crippen MR) is 82.9 cm³/mol. The third-order valence-corrected chi connectivity index (χ3v) is 3.64. The fourth-order valence-electron chi connectivity index (χ4n) is 2.62. The molecule has 2 rings (SSSR count). The van der Waals surface area contributed by atoms with E-state index in [1.54, 1.807) is 0 Å². The van der Waals surface area contributed by atoms with E-state index in [0.717, 1.165) is 24.3 Å². The van der Waals surface area contributed by atoms with Crippen molar-refractivity contribution < 1.29 is 9.53 Å². The first kappa shape index (κ1) is 15.5. The number of nitrogens with zero attached hydrogens (tertiary/aromatic N) is 3. The fourth-order valence-corrected chi connectivity index (χ4v) is 2.62. The third kappa shape index (κ3) is 3.42. The number of hydrogen-bond donors (Lipinski definition) is 0. The molecule has 0 amide bonds. The van der Waals surface area contributed by atoms with Gasteiger partial charge in [-0.15, -0.1) is 0 Å². The van der Waals surface area contributed by atoms with Gasteiger partial charge in [-0.2, -0.15) is 5.10 Å². The van der Waals surface area contributed by atoms with E-state index >= 15 is 0 Å². The second kappa shape index (κ2) is 6.72. The van der Waals surface area contributed by atoms with Crippen molar-refractivity contribution in [2.24, 2.45) is 5.92 Å². The SMILES string of the molecule is CCn1nc(CN(C)CC(C)C(=O)OC)c2ccccc21. The first-order chi connectivity index (χ1) is 10.1. The zero-order valence-electron chi connectivity index (χ0n) is 13.2. The van der Waals surface area contributed by atoms with Gasteiger partial charge in [0.15, 0.2) is 0 Å². The molecule has 0 N–H and O–H groups in total. The van der Waals surface area contributed by atoms with Crippen LogP contribution in [0.25, 0.3) is 10.9 Å². The normalized spacial score (nSPS) is 12.8. The van der Waals surface area contributed by atoms with Gasteiger partial charge in [0, 0.05) is 25.0 Å². The molecule has 0 radical (unpaired) electrons. The number of methoxy groups -OCH3 is 1. The van der Waals surface area contributed by atoms with E-state index in [2.05, 4.69) is 29.1 Å². The summed E-state index contributed by atoms with van der Waals surface area (Å²) >= 11 is 0. The predicted octanol–water partition coefficient (Wildman–Crippen LogP) is 2.30. The summed E-state index contributed by atoms with van der Waals surface area (Å²) in [7, 11) is 3.43. The van der Waals surface area contributed by atoms with Crippen molar-refractivity contribution in [3.05, 3.63) is 30.0 Å². The molecule has 1 heterocycles. The summed E-state index contributed by atoms with van der Waals surface area (Å²) in [5.74, 6) is -0.315. The average molecular weight is 289 g/mol. The Morgan fingerprint density at radius 2 is 2.14 bits per heavy atom. The monoisotopic (exact) mass is 289 g/mol. The van der Waals surface area contributed by atoms with Gasteiger partial charge in [-0.1, -0.05) is 25.1 Å². The van der Waals surface area contributed by atoms with Gasteiger partial charge in [0.25, 0.3) is 0 Å². The molecule has 0 aliphatic rings. The van der Waals surface area contributed by atoms with Crippen LogP contribution in [0.1, 0.15) is 19.5 Å². The van der Waals surface area contributed by atoms with Gasteiger partial charge in [-0.05, 0) is 20.0 Å². The molecule has 0 spiro atoms. The van der Waals surface area contributed by atoms with Crippen LogP contribution in [0.3, 0.4) is 0 Å². The van der Waals surface area contributed by atoms with Crippen LogP contribution >= 0.6 is 0 Å². The lowest BCUT2D eigenvalue weighted by molar-refractivity contribution is -0.145. The first-order valence-electron chi connectivity index (χ1n) is 7.27. The Balaban J connectivity index is 2.14. The maximum Gasteiger partial charge on any atom is 0.309 e. The fraction of sp³-hybridized carbons (Fsp3) is 0.500. The Morgan fingerprint density at radius 3 is 2.81 bits per heavy atom. The van der Waals surface area contributed by atoms with E-state index in [4.69, 9.17) is 4.74 Å². The van der Waals surface area contributed by atoms with Crippen molar-refractivity contribution in [1.82, 2.24) is 14.7 Å². The largest absolute Gasteiger partial charge is 0.469 e. The summed E-state index contributed by atoms with van der Waals surface area (Å²) in [6.45, 7) is 6.19. The van der Waals surface area contributed by atoms with Crippen LogP contribution < -0.4 is 0 Å². The van der Waals surface area contributed by atoms with Crippen LogP contribution in [0, 0.1) is 5.92 Å². The van der Waals surface area contributed by atoms with Gasteiger partial charge >= 0.3 is 5.97 Å². The van der Waals surface area contributed by atoms with E-state index in [0.29, 0.717) is 6.54 Å². The van der Waals surface area contributed by atoms with Crippen LogP contribution in [0.2, 0.25) is 0 Å². The molecule has 1 atom stereocenters. The second-order valence-electron chi connectivity index (χ2n) is 5.40. The van der Waals surface area contributed by atoms with Crippen molar-refractivity contribution in [1.29, 1.82) is 0 Å². The number of fused-ring (bicyclic) bond motifs is 1. The molecule has 0 saturated heterocycles. The number of esters is 1. The van der Waals surface area contributed by atoms with Gasteiger partial charge < -0.3 is 4.74 Å². The summed E-state index contributed by atoms with van der Waals surface area (Å²) in [4.78, 5) is 13.6. The maximum atomic E-state index is 11.5. The first-order valence-corrected chi connectivity index (χ1v) is 7.27. The zero-order chi connectivity index (χ0) is 15.4. The van der Waals surface area contributed by atoms with E-state index in [-0.39, 0.29) is 11.9 Å². The molecule has 0 bridgehead atoms. The number of ether oxygens (including phenoxy) is 1. The lowest BCUT2D eigenvalue weighted by atomic mass is 10.1. The average Bonchev–Trinajstić information content (AvgIpc) is 2.84. The summed E-state index contributed by atoms with van der Waals surface area (Å²) in [5, 5.41) is 5.86. The number of rotatable bonds is 6. The highest BCUT2D eigenvalue weighted by Gasteiger charge is 2.17. The summed E-state index contributed by atoms with van der Waals surface area (Å²) in [5.41, 5.74) is 2.21. The van der Waals surface area contributed by atoms with Crippen molar-refractivity contribution in [3.63, 3.8) is 0 Å².